The third-order valence-corrected chi connectivity index (χ3v) is 4.08. The van der Waals surface area contributed by atoms with Crippen molar-refractivity contribution in [3.8, 4) is 0 Å². The lowest BCUT2D eigenvalue weighted by Gasteiger charge is -2.24. The molecule has 0 radical (unpaired) electrons. The first-order valence-electron chi connectivity index (χ1n) is 6.31. The number of Topliss-reactive ketones (excluding diaryl/α,β-unsaturated/α-hetero) is 1. The maximum absolute atomic E-state index is 12.6. The van der Waals surface area contributed by atoms with Gasteiger partial charge in [-0.15, -0.1) is 0 Å². The molecule has 19 heavy (non-hydrogen) atoms. The van der Waals surface area contributed by atoms with Crippen LogP contribution in [0.15, 0.2) is 54.6 Å². The van der Waals surface area contributed by atoms with Crippen molar-refractivity contribution in [1.29, 1.82) is 0 Å². The molecule has 2 rings (SSSR count). The Morgan fingerprint density at radius 3 is 2.11 bits per heavy atom. The van der Waals surface area contributed by atoms with E-state index in [0.29, 0.717) is 0 Å². The molecule has 98 valence electrons. The summed E-state index contributed by atoms with van der Waals surface area (Å²) in [4.78, 5) is 12.6. The Kier molecular flexibility index (Phi) is 4.20. The highest BCUT2D eigenvalue weighted by atomic mass is 79.9. The van der Waals surface area contributed by atoms with Gasteiger partial charge in [0, 0.05) is 10.9 Å². The summed E-state index contributed by atoms with van der Waals surface area (Å²) < 4.78 is 0. The lowest BCUT2D eigenvalue weighted by molar-refractivity contribution is 0.0908. The summed E-state index contributed by atoms with van der Waals surface area (Å²) >= 11 is 3.43. The minimum absolute atomic E-state index is 0.152. The van der Waals surface area contributed by atoms with E-state index in [0.717, 1.165) is 16.5 Å². The smallest absolute Gasteiger partial charge is 0.172 e. The molecule has 0 aliphatic rings. The summed E-state index contributed by atoms with van der Waals surface area (Å²) in [5, 5.41) is 0.834. The Morgan fingerprint density at radius 2 is 1.58 bits per heavy atom. The van der Waals surface area contributed by atoms with Crippen LogP contribution in [0.2, 0.25) is 0 Å². The van der Waals surface area contributed by atoms with Crippen LogP contribution in [0.1, 0.15) is 35.3 Å². The Labute approximate surface area is 122 Å². The molecule has 0 heterocycles. The van der Waals surface area contributed by atoms with Gasteiger partial charge in [0.05, 0.1) is 5.41 Å². The van der Waals surface area contributed by atoms with Crippen molar-refractivity contribution in [2.24, 2.45) is 0 Å². The lowest BCUT2D eigenvalue weighted by Crippen LogP contribution is -2.29. The number of hydrogen-bond acceptors (Lipinski definition) is 1. The van der Waals surface area contributed by atoms with E-state index in [2.05, 4.69) is 28.1 Å². The number of halogens is 1. The molecule has 0 aliphatic carbocycles. The minimum Gasteiger partial charge on any atom is -0.293 e. The SMILES string of the molecule is CC(C)(C(=O)c1ccccc1)c1ccc(CBr)cc1. The van der Waals surface area contributed by atoms with Crippen molar-refractivity contribution in [1.82, 2.24) is 0 Å². The molecule has 0 atom stereocenters. The van der Waals surface area contributed by atoms with Crippen LogP contribution in [-0.4, -0.2) is 5.78 Å². The summed E-state index contributed by atoms with van der Waals surface area (Å²) in [5.41, 5.74) is 2.52. The topological polar surface area (TPSA) is 17.1 Å². The largest absolute Gasteiger partial charge is 0.293 e. The predicted octanol–water partition coefficient (Wildman–Crippen LogP) is 4.74. The maximum Gasteiger partial charge on any atom is 0.172 e. The van der Waals surface area contributed by atoms with Crippen LogP contribution in [0, 0.1) is 0 Å². The fourth-order valence-corrected chi connectivity index (χ4v) is 2.47. The fraction of sp³-hybridized carbons (Fsp3) is 0.235. The summed E-state index contributed by atoms with van der Waals surface area (Å²) in [6.45, 7) is 3.96. The van der Waals surface area contributed by atoms with Crippen LogP contribution in [-0.2, 0) is 10.7 Å². The molecular weight excluding hydrogens is 300 g/mol. The average molecular weight is 317 g/mol. The summed E-state index contributed by atoms with van der Waals surface area (Å²) in [6, 6.07) is 17.7. The molecule has 2 aromatic rings. The van der Waals surface area contributed by atoms with Gasteiger partial charge in [-0.3, -0.25) is 4.79 Å². The van der Waals surface area contributed by atoms with Gasteiger partial charge in [0.15, 0.2) is 5.78 Å². The number of rotatable bonds is 4. The summed E-state index contributed by atoms with van der Waals surface area (Å²) in [7, 11) is 0. The Bertz CT molecular complexity index is 556. The van der Waals surface area contributed by atoms with E-state index in [1.54, 1.807) is 0 Å². The van der Waals surface area contributed by atoms with Gasteiger partial charge in [-0.25, -0.2) is 0 Å². The van der Waals surface area contributed by atoms with E-state index in [9.17, 15) is 4.79 Å². The van der Waals surface area contributed by atoms with Crippen LogP contribution in [0.3, 0.4) is 0 Å². The predicted molar refractivity (Wildman–Crippen MR) is 82.9 cm³/mol. The Balaban J connectivity index is 2.33. The zero-order valence-electron chi connectivity index (χ0n) is 11.2. The van der Waals surface area contributed by atoms with Gasteiger partial charge in [-0.2, -0.15) is 0 Å². The minimum atomic E-state index is -0.508. The molecule has 0 bridgehead atoms. The monoisotopic (exact) mass is 316 g/mol. The first-order valence-corrected chi connectivity index (χ1v) is 7.43. The third-order valence-electron chi connectivity index (χ3n) is 3.43. The average Bonchev–Trinajstić information content (AvgIpc) is 2.47. The van der Waals surface area contributed by atoms with Gasteiger partial charge < -0.3 is 0 Å². The number of hydrogen-bond donors (Lipinski definition) is 0. The number of benzene rings is 2. The van der Waals surface area contributed by atoms with Gasteiger partial charge in [0.2, 0.25) is 0 Å². The molecule has 0 fully saturated rings. The summed E-state index contributed by atoms with van der Waals surface area (Å²) in [5.74, 6) is 0.152. The zero-order valence-corrected chi connectivity index (χ0v) is 12.8. The highest BCUT2D eigenvalue weighted by Crippen LogP contribution is 2.28. The molecule has 0 aromatic heterocycles. The Morgan fingerprint density at radius 1 is 1.00 bits per heavy atom. The van der Waals surface area contributed by atoms with E-state index in [1.807, 2.05) is 56.3 Å². The van der Waals surface area contributed by atoms with E-state index in [1.165, 1.54) is 5.56 Å². The van der Waals surface area contributed by atoms with Crippen molar-refractivity contribution in [2.45, 2.75) is 24.6 Å². The van der Waals surface area contributed by atoms with E-state index >= 15 is 0 Å². The maximum atomic E-state index is 12.6. The first kappa shape index (κ1) is 14.0. The number of ketones is 1. The van der Waals surface area contributed by atoms with Crippen molar-refractivity contribution >= 4 is 21.7 Å². The molecule has 0 amide bonds. The molecule has 0 spiro atoms. The Hall–Kier alpha value is -1.41. The molecule has 2 heteroatoms. The first-order chi connectivity index (χ1) is 9.05. The summed E-state index contributed by atoms with van der Waals surface area (Å²) in [6.07, 6.45) is 0. The van der Waals surface area contributed by atoms with Gasteiger partial charge >= 0.3 is 0 Å². The van der Waals surface area contributed by atoms with Crippen LogP contribution in [0.5, 0.6) is 0 Å². The lowest BCUT2D eigenvalue weighted by atomic mass is 9.78. The van der Waals surface area contributed by atoms with Crippen LogP contribution in [0.4, 0.5) is 0 Å². The molecule has 0 unspecified atom stereocenters. The fourth-order valence-electron chi connectivity index (χ4n) is 2.09. The molecule has 1 nitrogen and oxygen atoms in total. The third kappa shape index (κ3) is 2.95. The van der Waals surface area contributed by atoms with Crippen molar-refractivity contribution < 1.29 is 4.79 Å². The van der Waals surface area contributed by atoms with Gasteiger partial charge in [0.25, 0.3) is 0 Å². The van der Waals surface area contributed by atoms with Gasteiger partial charge in [-0.1, -0.05) is 70.5 Å². The standard InChI is InChI=1S/C17H17BrO/c1-17(2,15-10-8-13(12-18)9-11-15)16(19)14-6-4-3-5-7-14/h3-11H,12H2,1-2H3. The second kappa shape index (κ2) is 5.70. The number of carbonyl (C=O) groups is 1. The molecule has 0 aliphatic heterocycles. The quantitative estimate of drug-likeness (QED) is 0.588. The van der Waals surface area contributed by atoms with Crippen molar-refractivity contribution in [3.63, 3.8) is 0 Å². The van der Waals surface area contributed by atoms with Gasteiger partial charge in [0.1, 0.15) is 0 Å². The highest BCUT2D eigenvalue weighted by molar-refractivity contribution is 9.08. The van der Waals surface area contributed by atoms with Crippen LogP contribution >= 0.6 is 15.9 Å². The molecular formula is C17H17BrO. The van der Waals surface area contributed by atoms with E-state index < -0.39 is 5.41 Å². The second-order valence-corrected chi connectivity index (χ2v) is 5.71. The van der Waals surface area contributed by atoms with Crippen LogP contribution in [0.25, 0.3) is 0 Å². The highest BCUT2D eigenvalue weighted by Gasteiger charge is 2.30. The van der Waals surface area contributed by atoms with Crippen molar-refractivity contribution in [3.05, 3.63) is 71.3 Å². The number of carbonyl (C=O) groups excluding carboxylic acids is 1. The van der Waals surface area contributed by atoms with Crippen LogP contribution < -0.4 is 0 Å². The number of alkyl halides is 1. The molecule has 0 N–H and O–H groups in total. The molecule has 0 saturated heterocycles. The molecule has 2 aromatic carbocycles. The second-order valence-electron chi connectivity index (χ2n) is 5.15. The zero-order chi connectivity index (χ0) is 13.9. The van der Waals surface area contributed by atoms with E-state index in [-0.39, 0.29) is 5.78 Å². The normalized spacial score (nSPS) is 11.3. The van der Waals surface area contributed by atoms with E-state index in [4.69, 9.17) is 0 Å². The van der Waals surface area contributed by atoms with Gasteiger partial charge in [-0.05, 0) is 25.0 Å². The van der Waals surface area contributed by atoms with Crippen molar-refractivity contribution in [2.75, 3.05) is 0 Å². The molecule has 0 saturated carbocycles.